The highest BCUT2D eigenvalue weighted by atomic mass is 35.5. The Hall–Kier alpha value is -2.62. The van der Waals surface area contributed by atoms with E-state index in [0.717, 1.165) is 19.3 Å². The third kappa shape index (κ3) is 5.15. The molecule has 3 aromatic rings. The molecule has 33 heavy (non-hydrogen) atoms. The van der Waals surface area contributed by atoms with E-state index in [1.165, 1.54) is 0 Å². The number of imidazole rings is 1. The van der Waals surface area contributed by atoms with E-state index in [1.807, 2.05) is 11.5 Å². The van der Waals surface area contributed by atoms with Crippen LogP contribution in [0.15, 0.2) is 24.4 Å². The summed E-state index contributed by atoms with van der Waals surface area (Å²) in [6, 6.07) is 5.14. The van der Waals surface area contributed by atoms with E-state index in [1.54, 1.807) is 24.4 Å². The van der Waals surface area contributed by atoms with E-state index >= 15 is 0 Å². The number of carbonyl (C=O) groups is 1. The monoisotopic (exact) mass is 491 g/mol. The van der Waals surface area contributed by atoms with Gasteiger partial charge >= 0.3 is 0 Å². The lowest BCUT2D eigenvalue weighted by molar-refractivity contribution is -0.122. The van der Waals surface area contributed by atoms with Gasteiger partial charge in [0.2, 0.25) is 17.8 Å². The van der Waals surface area contributed by atoms with Crippen LogP contribution in [0.4, 0.5) is 17.6 Å². The second-order valence-electron chi connectivity index (χ2n) is 8.30. The number of fused-ring (bicyclic) bond motifs is 1. The van der Waals surface area contributed by atoms with Crippen LogP contribution in [0.2, 0.25) is 10.0 Å². The molecular formula is C22H27Cl2N7O2. The number of hydrogen-bond donors (Lipinski definition) is 4. The Balaban J connectivity index is 1.73. The number of hydrogen-bond acceptors (Lipinski definition) is 7. The highest BCUT2D eigenvalue weighted by Gasteiger charge is 2.29. The molecule has 0 spiro atoms. The van der Waals surface area contributed by atoms with Crippen LogP contribution in [-0.2, 0) is 4.79 Å². The molecule has 9 nitrogen and oxygen atoms in total. The minimum absolute atomic E-state index is 0.0177. The Labute approximate surface area is 201 Å². The number of carbonyl (C=O) groups excluding carboxylic acids is 1. The van der Waals surface area contributed by atoms with E-state index < -0.39 is 0 Å². The van der Waals surface area contributed by atoms with Crippen molar-refractivity contribution < 1.29 is 9.90 Å². The standard InChI is InChI=1S/C22H27Cl2N7O2/c1-2-14(11-32)27-21-26-10-18-20(30-21)31(15-6-3-12(4-7-15)19(25)33)22(29-18)28-17-8-5-13(23)9-16(17)24/h5,8-10,12,14-15,32H,2-4,6-7,11H2,1H3,(H2,25,33)(H,28,29)(H,26,27,30)/t12-,14-,15+/m0/s1. The van der Waals surface area contributed by atoms with E-state index in [-0.39, 0.29) is 30.5 Å². The molecule has 1 aliphatic carbocycles. The first kappa shape index (κ1) is 23.5. The Morgan fingerprint density at radius 2 is 2.03 bits per heavy atom. The lowest BCUT2D eigenvalue weighted by atomic mass is 9.85. The lowest BCUT2D eigenvalue weighted by Gasteiger charge is -2.29. The first-order valence-electron chi connectivity index (χ1n) is 11.0. The lowest BCUT2D eigenvalue weighted by Crippen LogP contribution is -2.29. The van der Waals surface area contributed by atoms with Gasteiger partial charge in [0, 0.05) is 17.0 Å². The molecule has 0 radical (unpaired) electrons. The summed E-state index contributed by atoms with van der Waals surface area (Å²) in [5.74, 6) is 0.641. The summed E-state index contributed by atoms with van der Waals surface area (Å²) in [4.78, 5) is 25.5. The highest BCUT2D eigenvalue weighted by molar-refractivity contribution is 6.36. The number of rotatable bonds is 8. The fourth-order valence-electron chi connectivity index (χ4n) is 4.18. The van der Waals surface area contributed by atoms with Gasteiger partial charge in [0.05, 0.1) is 29.6 Å². The fraction of sp³-hybridized carbons (Fsp3) is 0.455. The van der Waals surface area contributed by atoms with Gasteiger partial charge in [-0.15, -0.1) is 0 Å². The maximum atomic E-state index is 11.7. The van der Waals surface area contributed by atoms with Crippen molar-refractivity contribution in [3.05, 3.63) is 34.4 Å². The van der Waals surface area contributed by atoms with E-state index in [2.05, 4.69) is 15.6 Å². The van der Waals surface area contributed by atoms with Crippen LogP contribution in [0.25, 0.3) is 11.2 Å². The molecule has 11 heteroatoms. The van der Waals surface area contributed by atoms with Crippen molar-refractivity contribution in [3.63, 3.8) is 0 Å². The average Bonchev–Trinajstić information content (AvgIpc) is 3.16. The van der Waals surface area contributed by atoms with Crippen LogP contribution in [0.5, 0.6) is 0 Å². The van der Waals surface area contributed by atoms with Crippen molar-refractivity contribution in [2.45, 2.75) is 51.1 Å². The number of halogens is 2. The molecule has 0 aliphatic heterocycles. The van der Waals surface area contributed by atoms with Crippen LogP contribution in [0, 0.1) is 5.92 Å². The summed E-state index contributed by atoms with van der Waals surface area (Å²) in [5, 5.41) is 17.0. The molecule has 1 aromatic carbocycles. The van der Waals surface area contributed by atoms with Gasteiger partial charge in [-0.25, -0.2) is 9.97 Å². The van der Waals surface area contributed by atoms with Gasteiger partial charge in [-0.2, -0.15) is 4.98 Å². The maximum Gasteiger partial charge on any atom is 0.225 e. The molecular weight excluding hydrogens is 465 g/mol. The Morgan fingerprint density at radius 3 is 2.67 bits per heavy atom. The fourth-order valence-corrected chi connectivity index (χ4v) is 4.64. The van der Waals surface area contributed by atoms with Gasteiger partial charge in [-0.1, -0.05) is 30.1 Å². The predicted octanol–water partition coefficient (Wildman–Crippen LogP) is 4.28. The molecule has 1 amide bonds. The zero-order valence-electron chi connectivity index (χ0n) is 18.3. The predicted molar refractivity (Wildman–Crippen MR) is 130 cm³/mol. The first-order chi connectivity index (χ1) is 15.9. The Morgan fingerprint density at radius 1 is 1.27 bits per heavy atom. The van der Waals surface area contributed by atoms with E-state index in [0.29, 0.717) is 51.6 Å². The summed E-state index contributed by atoms with van der Waals surface area (Å²) < 4.78 is 2.05. The van der Waals surface area contributed by atoms with Gasteiger partial charge in [-0.3, -0.25) is 9.36 Å². The summed E-state index contributed by atoms with van der Waals surface area (Å²) in [6.07, 6.45) is 5.34. The van der Waals surface area contributed by atoms with Crippen molar-refractivity contribution in [1.29, 1.82) is 0 Å². The minimum atomic E-state index is -0.251. The quantitative estimate of drug-likeness (QED) is 0.369. The topological polar surface area (TPSA) is 131 Å². The smallest absolute Gasteiger partial charge is 0.225 e. The Bertz CT molecular complexity index is 1140. The number of aromatic nitrogens is 4. The molecule has 4 rings (SSSR count). The zero-order chi connectivity index (χ0) is 23.5. The van der Waals surface area contributed by atoms with Crippen molar-refractivity contribution in [2.24, 2.45) is 11.7 Å². The maximum absolute atomic E-state index is 11.7. The summed E-state index contributed by atoms with van der Waals surface area (Å²) in [6.45, 7) is 1.96. The first-order valence-corrected chi connectivity index (χ1v) is 11.8. The van der Waals surface area contributed by atoms with Crippen LogP contribution < -0.4 is 16.4 Å². The summed E-state index contributed by atoms with van der Waals surface area (Å²) >= 11 is 12.4. The second-order valence-corrected chi connectivity index (χ2v) is 9.14. The molecule has 1 saturated carbocycles. The van der Waals surface area contributed by atoms with Crippen molar-refractivity contribution in [3.8, 4) is 0 Å². The number of nitrogens with one attached hydrogen (secondary N) is 2. The number of aliphatic hydroxyl groups excluding tert-OH is 1. The van der Waals surface area contributed by atoms with Crippen molar-refractivity contribution >= 4 is 57.9 Å². The molecule has 5 N–H and O–H groups in total. The zero-order valence-corrected chi connectivity index (χ0v) is 19.8. The molecule has 176 valence electrons. The largest absolute Gasteiger partial charge is 0.394 e. The number of benzene rings is 1. The SMILES string of the molecule is CC[C@@H](CO)Nc1ncc2nc(Nc3ccc(Cl)cc3Cl)n([C@H]3CC[C@@H](C(N)=O)CC3)c2n1. The van der Waals surface area contributed by atoms with Gasteiger partial charge in [0.25, 0.3) is 0 Å². The summed E-state index contributed by atoms with van der Waals surface area (Å²) in [5.41, 5.74) is 7.49. The highest BCUT2D eigenvalue weighted by Crippen LogP contribution is 2.38. The van der Waals surface area contributed by atoms with Crippen LogP contribution in [0.3, 0.4) is 0 Å². The number of primary amides is 1. The molecule has 0 unspecified atom stereocenters. The molecule has 2 aromatic heterocycles. The minimum Gasteiger partial charge on any atom is -0.394 e. The number of nitrogens with zero attached hydrogens (tertiary/aromatic N) is 4. The van der Waals surface area contributed by atoms with Crippen LogP contribution >= 0.6 is 23.2 Å². The van der Waals surface area contributed by atoms with Gasteiger partial charge in [0.1, 0.15) is 5.52 Å². The number of aliphatic hydroxyl groups is 1. The molecule has 0 bridgehead atoms. The van der Waals surface area contributed by atoms with Gasteiger partial charge < -0.3 is 21.5 Å². The second kappa shape index (κ2) is 10.1. The molecule has 1 atom stereocenters. The van der Waals surface area contributed by atoms with Crippen LogP contribution in [-0.4, -0.2) is 43.2 Å². The van der Waals surface area contributed by atoms with Crippen molar-refractivity contribution in [1.82, 2.24) is 19.5 Å². The molecule has 0 saturated heterocycles. The van der Waals surface area contributed by atoms with Gasteiger partial charge in [0.15, 0.2) is 5.65 Å². The number of anilines is 3. The Kier molecular flexibility index (Phi) is 7.21. The van der Waals surface area contributed by atoms with E-state index in [9.17, 15) is 9.90 Å². The average molecular weight is 492 g/mol. The molecule has 1 aliphatic rings. The van der Waals surface area contributed by atoms with Crippen LogP contribution in [0.1, 0.15) is 45.1 Å². The molecule has 2 heterocycles. The molecule has 1 fully saturated rings. The number of nitrogens with two attached hydrogens (primary N) is 1. The van der Waals surface area contributed by atoms with Gasteiger partial charge in [-0.05, 0) is 50.3 Å². The third-order valence-corrected chi connectivity index (χ3v) is 6.67. The third-order valence-electron chi connectivity index (χ3n) is 6.12. The number of amides is 1. The van der Waals surface area contributed by atoms with E-state index in [4.69, 9.17) is 38.9 Å². The normalized spacial score (nSPS) is 19.4. The summed E-state index contributed by atoms with van der Waals surface area (Å²) in [7, 11) is 0. The van der Waals surface area contributed by atoms with Crippen molar-refractivity contribution in [2.75, 3.05) is 17.2 Å².